The summed E-state index contributed by atoms with van der Waals surface area (Å²) in [4.78, 5) is 26.9. The Morgan fingerprint density at radius 3 is 2.62 bits per heavy atom. The molecule has 0 aliphatic heterocycles. The highest BCUT2D eigenvalue weighted by atomic mass is 16.6. The minimum atomic E-state index is -0.439. The molecule has 3 aromatic rings. The molecule has 0 atom stereocenters. The topological polar surface area (TPSA) is 108 Å². The number of rotatable bonds is 8. The fourth-order valence-corrected chi connectivity index (χ4v) is 2.87. The minimum Gasteiger partial charge on any atom is -0.496 e. The third kappa shape index (κ3) is 4.98. The van der Waals surface area contributed by atoms with Crippen molar-refractivity contribution in [1.82, 2.24) is 10.3 Å². The number of amides is 1. The highest BCUT2D eigenvalue weighted by Crippen LogP contribution is 2.30. The van der Waals surface area contributed by atoms with Gasteiger partial charge in [0.1, 0.15) is 11.5 Å². The molecule has 8 nitrogen and oxygen atoms in total. The summed E-state index contributed by atoms with van der Waals surface area (Å²) < 4.78 is 11.1. The third-order valence-electron chi connectivity index (χ3n) is 4.44. The number of aromatic nitrogens is 1. The minimum absolute atomic E-state index is 0.0464. The Kier molecular flexibility index (Phi) is 6.23. The standard InChI is InChI=1S/C21H21N3O5/c1-14-18(23-21(29-14)17-5-3-4-6-19(17)28-2)13-20(25)22-12-11-15-7-9-16(10-8-15)24(26)27/h3-10H,11-13H2,1-2H3,(H,22,25). The highest BCUT2D eigenvalue weighted by Gasteiger charge is 2.17. The van der Waals surface area contributed by atoms with Gasteiger partial charge in [0.25, 0.3) is 5.69 Å². The number of oxazole rings is 1. The Morgan fingerprint density at radius 2 is 1.93 bits per heavy atom. The van der Waals surface area contributed by atoms with E-state index in [4.69, 9.17) is 9.15 Å². The van der Waals surface area contributed by atoms with E-state index in [1.54, 1.807) is 26.2 Å². The van der Waals surface area contributed by atoms with E-state index in [0.29, 0.717) is 36.1 Å². The summed E-state index contributed by atoms with van der Waals surface area (Å²) in [6.45, 7) is 2.19. The monoisotopic (exact) mass is 395 g/mol. The summed E-state index contributed by atoms with van der Waals surface area (Å²) in [5.41, 5.74) is 2.25. The summed E-state index contributed by atoms with van der Waals surface area (Å²) in [5.74, 6) is 1.47. The van der Waals surface area contributed by atoms with Gasteiger partial charge in [-0.05, 0) is 31.0 Å². The van der Waals surface area contributed by atoms with Crippen molar-refractivity contribution in [3.8, 4) is 17.2 Å². The number of nitrogens with zero attached hydrogens (tertiary/aromatic N) is 2. The fourth-order valence-electron chi connectivity index (χ4n) is 2.87. The molecular formula is C21H21N3O5. The van der Waals surface area contributed by atoms with Crippen molar-refractivity contribution in [2.24, 2.45) is 0 Å². The molecule has 0 aliphatic carbocycles. The number of nitro benzene ring substituents is 1. The van der Waals surface area contributed by atoms with Crippen molar-refractivity contribution >= 4 is 11.6 Å². The van der Waals surface area contributed by atoms with Gasteiger partial charge in [-0.15, -0.1) is 0 Å². The van der Waals surface area contributed by atoms with Gasteiger partial charge in [-0.3, -0.25) is 14.9 Å². The van der Waals surface area contributed by atoms with Gasteiger partial charge in [0.05, 0.1) is 29.7 Å². The number of carbonyl (C=O) groups is 1. The lowest BCUT2D eigenvalue weighted by atomic mass is 10.1. The molecule has 1 N–H and O–H groups in total. The van der Waals surface area contributed by atoms with Gasteiger partial charge < -0.3 is 14.5 Å². The summed E-state index contributed by atoms with van der Waals surface area (Å²) in [6.07, 6.45) is 0.679. The summed E-state index contributed by atoms with van der Waals surface area (Å²) in [7, 11) is 1.58. The van der Waals surface area contributed by atoms with Crippen molar-refractivity contribution < 1.29 is 18.9 Å². The first-order valence-electron chi connectivity index (χ1n) is 9.07. The largest absolute Gasteiger partial charge is 0.496 e. The lowest BCUT2D eigenvalue weighted by Gasteiger charge is -2.05. The van der Waals surface area contributed by atoms with E-state index in [1.807, 2.05) is 24.3 Å². The number of para-hydroxylation sites is 1. The lowest BCUT2D eigenvalue weighted by Crippen LogP contribution is -2.27. The number of nitro groups is 1. The Morgan fingerprint density at radius 1 is 1.21 bits per heavy atom. The van der Waals surface area contributed by atoms with Gasteiger partial charge in [-0.25, -0.2) is 4.98 Å². The molecule has 0 spiro atoms. The molecule has 0 saturated heterocycles. The quantitative estimate of drug-likeness (QED) is 0.462. The molecule has 0 fully saturated rings. The Bertz CT molecular complexity index is 1010. The number of benzene rings is 2. The van der Waals surface area contributed by atoms with E-state index >= 15 is 0 Å². The van der Waals surface area contributed by atoms with Crippen LogP contribution in [0.2, 0.25) is 0 Å². The van der Waals surface area contributed by atoms with Gasteiger partial charge in [-0.1, -0.05) is 24.3 Å². The molecule has 2 aromatic carbocycles. The number of methoxy groups -OCH3 is 1. The molecule has 3 rings (SSSR count). The van der Waals surface area contributed by atoms with Crippen molar-refractivity contribution in [3.63, 3.8) is 0 Å². The van der Waals surface area contributed by atoms with E-state index in [9.17, 15) is 14.9 Å². The molecule has 150 valence electrons. The molecule has 0 aliphatic rings. The van der Waals surface area contributed by atoms with Gasteiger partial charge in [0.2, 0.25) is 11.8 Å². The smallest absolute Gasteiger partial charge is 0.269 e. The first kappa shape index (κ1) is 20.1. The van der Waals surface area contributed by atoms with Crippen LogP contribution in [-0.4, -0.2) is 29.5 Å². The predicted molar refractivity (Wildman–Crippen MR) is 107 cm³/mol. The summed E-state index contributed by atoms with van der Waals surface area (Å²) in [5, 5.41) is 13.5. The van der Waals surface area contributed by atoms with Crippen LogP contribution in [0.5, 0.6) is 5.75 Å². The second-order valence-electron chi connectivity index (χ2n) is 6.42. The predicted octanol–water partition coefficient (Wildman–Crippen LogP) is 3.47. The molecule has 0 saturated carbocycles. The second kappa shape index (κ2) is 9.01. The fraction of sp³-hybridized carbons (Fsp3) is 0.238. The zero-order valence-corrected chi connectivity index (χ0v) is 16.2. The van der Waals surface area contributed by atoms with Crippen LogP contribution in [0.1, 0.15) is 17.0 Å². The number of hydrogen-bond acceptors (Lipinski definition) is 6. The summed E-state index contributed by atoms with van der Waals surface area (Å²) in [6, 6.07) is 13.7. The van der Waals surface area contributed by atoms with Crippen LogP contribution in [0.15, 0.2) is 52.9 Å². The number of hydrogen-bond donors (Lipinski definition) is 1. The van der Waals surface area contributed by atoms with Gasteiger partial charge in [0, 0.05) is 18.7 Å². The Hall–Kier alpha value is -3.68. The number of nitrogens with one attached hydrogen (secondary N) is 1. The van der Waals surface area contributed by atoms with Crippen molar-refractivity contribution in [2.45, 2.75) is 19.8 Å². The average molecular weight is 395 g/mol. The van der Waals surface area contributed by atoms with E-state index in [2.05, 4.69) is 10.3 Å². The number of non-ortho nitro benzene ring substituents is 1. The third-order valence-corrected chi connectivity index (χ3v) is 4.44. The van der Waals surface area contributed by atoms with E-state index in [-0.39, 0.29) is 18.0 Å². The zero-order valence-electron chi connectivity index (χ0n) is 16.2. The summed E-state index contributed by atoms with van der Waals surface area (Å²) >= 11 is 0. The second-order valence-corrected chi connectivity index (χ2v) is 6.42. The number of carbonyl (C=O) groups excluding carboxylic acids is 1. The van der Waals surface area contributed by atoms with Crippen LogP contribution in [0.25, 0.3) is 11.5 Å². The van der Waals surface area contributed by atoms with Crippen LogP contribution < -0.4 is 10.1 Å². The van der Waals surface area contributed by atoms with Crippen LogP contribution in [-0.2, 0) is 17.6 Å². The molecule has 0 unspecified atom stereocenters. The normalized spacial score (nSPS) is 10.6. The van der Waals surface area contributed by atoms with E-state index in [0.717, 1.165) is 11.1 Å². The molecule has 29 heavy (non-hydrogen) atoms. The van der Waals surface area contributed by atoms with Crippen molar-refractivity contribution in [1.29, 1.82) is 0 Å². The Labute approximate surface area is 167 Å². The van der Waals surface area contributed by atoms with Crippen molar-refractivity contribution in [3.05, 3.63) is 75.7 Å². The Balaban J connectivity index is 1.57. The van der Waals surface area contributed by atoms with Crippen LogP contribution in [0.4, 0.5) is 5.69 Å². The first-order chi connectivity index (χ1) is 14.0. The molecule has 0 bridgehead atoms. The van der Waals surface area contributed by atoms with Crippen LogP contribution in [0, 0.1) is 17.0 Å². The SMILES string of the molecule is COc1ccccc1-c1nc(CC(=O)NCCc2ccc([N+](=O)[O-])cc2)c(C)o1. The van der Waals surface area contributed by atoms with Gasteiger partial charge in [0.15, 0.2) is 0 Å². The molecule has 1 amide bonds. The molecule has 8 heteroatoms. The zero-order chi connectivity index (χ0) is 20.8. The number of aryl methyl sites for hydroxylation is 1. The van der Waals surface area contributed by atoms with Crippen LogP contribution >= 0.6 is 0 Å². The molecule has 0 radical (unpaired) electrons. The molecular weight excluding hydrogens is 374 g/mol. The van der Waals surface area contributed by atoms with Crippen molar-refractivity contribution in [2.75, 3.05) is 13.7 Å². The maximum absolute atomic E-state index is 12.3. The van der Waals surface area contributed by atoms with E-state index in [1.165, 1.54) is 12.1 Å². The molecule has 1 aromatic heterocycles. The molecule has 1 heterocycles. The average Bonchev–Trinajstić information content (AvgIpc) is 3.08. The maximum Gasteiger partial charge on any atom is 0.269 e. The number of ether oxygens (including phenoxy) is 1. The van der Waals surface area contributed by atoms with E-state index < -0.39 is 4.92 Å². The van der Waals surface area contributed by atoms with Gasteiger partial charge in [-0.2, -0.15) is 0 Å². The van der Waals surface area contributed by atoms with Crippen LogP contribution in [0.3, 0.4) is 0 Å². The highest BCUT2D eigenvalue weighted by molar-refractivity contribution is 5.78. The maximum atomic E-state index is 12.3. The lowest BCUT2D eigenvalue weighted by molar-refractivity contribution is -0.384. The first-order valence-corrected chi connectivity index (χ1v) is 9.07. The van der Waals surface area contributed by atoms with Gasteiger partial charge >= 0.3 is 0 Å².